The van der Waals surface area contributed by atoms with Gasteiger partial charge in [0.2, 0.25) is 0 Å². The predicted molar refractivity (Wildman–Crippen MR) is 108 cm³/mol. The van der Waals surface area contributed by atoms with Gasteiger partial charge in [-0.25, -0.2) is 0 Å². The Morgan fingerprint density at radius 3 is 2.54 bits per heavy atom. The number of benzene rings is 2. The number of aromatic hydroxyl groups is 1. The summed E-state index contributed by atoms with van der Waals surface area (Å²) in [5.74, 6) is 0.855. The highest BCUT2D eigenvalue weighted by atomic mass is 35.5. The highest BCUT2D eigenvalue weighted by molar-refractivity contribution is 7.98. The molecule has 1 N–H and O–H groups in total. The molecule has 0 saturated heterocycles. The Balaban J connectivity index is 1.94. The van der Waals surface area contributed by atoms with Crippen LogP contribution >= 0.6 is 23.4 Å². The first-order chi connectivity index (χ1) is 12.4. The highest BCUT2D eigenvalue weighted by Gasteiger charge is 2.14. The average Bonchev–Trinajstić information content (AvgIpc) is 3.04. The summed E-state index contributed by atoms with van der Waals surface area (Å²) in [6, 6.07) is 12.0. The zero-order valence-electron chi connectivity index (χ0n) is 15.3. The molecule has 3 rings (SSSR count). The lowest BCUT2D eigenvalue weighted by atomic mass is 9.94. The van der Waals surface area contributed by atoms with Crippen LogP contribution in [0.3, 0.4) is 0 Å². The molecule has 2 aromatic carbocycles. The average molecular weight is 388 g/mol. The number of aromatic nitrogens is 1. The number of rotatable bonds is 5. The minimum atomic E-state index is -0.132. The summed E-state index contributed by atoms with van der Waals surface area (Å²) in [6.07, 6.45) is 2.89. The standard InChI is InChI=1S/C21H22ClNO2S/c1-12(2)16-8-14(5-6-20(16)26-4)9-17-13(3)7-15(10-18(17)22)19-11-21(24)23-25-19/h5-8,10-12H,9H2,1-4H3,(H,23,24). The summed E-state index contributed by atoms with van der Waals surface area (Å²) in [6.45, 7) is 6.48. The lowest BCUT2D eigenvalue weighted by Crippen LogP contribution is -1.98. The van der Waals surface area contributed by atoms with Crippen molar-refractivity contribution in [3.63, 3.8) is 0 Å². The second-order valence-electron chi connectivity index (χ2n) is 6.71. The Hall–Kier alpha value is -1.91. The summed E-state index contributed by atoms with van der Waals surface area (Å²) in [7, 11) is 0. The van der Waals surface area contributed by atoms with E-state index in [9.17, 15) is 5.11 Å². The Morgan fingerprint density at radius 2 is 1.96 bits per heavy atom. The fourth-order valence-corrected chi connectivity index (χ4v) is 4.16. The van der Waals surface area contributed by atoms with Crippen molar-refractivity contribution in [3.8, 4) is 17.2 Å². The zero-order chi connectivity index (χ0) is 18.8. The topological polar surface area (TPSA) is 46.3 Å². The van der Waals surface area contributed by atoms with E-state index in [1.54, 1.807) is 11.8 Å². The lowest BCUT2D eigenvalue weighted by molar-refractivity contribution is 0.365. The smallest absolute Gasteiger partial charge is 0.252 e. The molecule has 0 fully saturated rings. The van der Waals surface area contributed by atoms with Crippen LogP contribution in [0.1, 0.15) is 42.0 Å². The van der Waals surface area contributed by atoms with Gasteiger partial charge in [-0.2, -0.15) is 0 Å². The van der Waals surface area contributed by atoms with Crippen molar-refractivity contribution >= 4 is 23.4 Å². The van der Waals surface area contributed by atoms with Crippen molar-refractivity contribution in [2.24, 2.45) is 0 Å². The van der Waals surface area contributed by atoms with Gasteiger partial charge in [-0.1, -0.05) is 37.6 Å². The van der Waals surface area contributed by atoms with Gasteiger partial charge < -0.3 is 9.63 Å². The highest BCUT2D eigenvalue weighted by Crippen LogP contribution is 2.33. The minimum absolute atomic E-state index is 0.132. The lowest BCUT2D eigenvalue weighted by Gasteiger charge is -2.15. The maximum Gasteiger partial charge on any atom is 0.252 e. The van der Waals surface area contributed by atoms with Crippen LogP contribution in [-0.2, 0) is 6.42 Å². The monoisotopic (exact) mass is 387 g/mol. The molecule has 0 amide bonds. The number of hydrogen-bond donors (Lipinski definition) is 1. The molecule has 0 saturated carbocycles. The molecule has 3 nitrogen and oxygen atoms in total. The molecule has 0 aliphatic heterocycles. The summed E-state index contributed by atoms with van der Waals surface area (Å²) >= 11 is 8.36. The quantitative estimate of drug-likeness (QED) is 0.511. The molecule has 3 aromatic rings. The summed E-state index contributed by atoms with van der Waals surface area (Å²) in [5, 5.41) is 13.6. The molecule has 1 aromatic heterocycles. The number of halogens is 1. The third-order valence-corrected chi connectivity index (χ3v) is 5.65. The van der Waals surface area contributed by atoms with Crippen LogP contribution in [0, 0.1) is 6.92 Å². The Labute approximate surface area is 163 Å². The molecular formula is C21H22ClNO2S. The van der Waals surface area contributed by atoms with E-state index in [1.165, 1.54) is 22.1 Å². The van der Waals surface area contributed by atoms with Gasteiger partial charge in [0.15, 0.2) is 5.76 Å². The first kappa shape index (κ1) is 18.9. The summed E-state index contributed by atoms with van der Waals surface area (Å²) in [4.78, 5) is 1.33. The van der Waals surface area contributed by atoms with Gasteiger partial charge in [-0.15, -0.1) is 11.8 Å². The zero-order valence-corrected chi connectivity index (χ0v) is 16.9. The molecule has 5 heteroatoms. The van der Waals surface area contributed by atoms with Gasteiger partial charge in [-0.05, 0) is 71.1 Å². The molecule has 26 heavy (non-hydrogen) atoms. The first-order valence-corrected chi connectivity index (χ1v) is 10.1. The van der Waals surface area contributed by atoms with Crippen LogP contribution in [0.25, 0.3) is 11.3 Å². The SMILES string of the molecule is CSc1ccc(Cc2c(C)cc(-c3cc(O)no3)cc2Cl)cc1C(C)C. The molecule has 0 atom stereocenters. The third kappa shape index (κ3) is 3.92. The van der Waals surface area contributed by atoms with E-state index in [4.69, 9.17) is 16.1 Å². The summed E-state index contributed by atoms with van der Waals surface area (Å²) < 4.78 is 5.13. The normalized spacial score (nSPS) is 11.3. The van der Waals surface area contributed by atoms with Crippen molar-refractivity contribution in [3.05, 3.63) is 63.7 Å². The van der Waals surface area contributed by atoms with Gasteiger partial charge >= 0.3 is 0 Å². The molecule has 0 bridgehead atoms. The molecule has 0 spiro atoms. The van der Waals surface area contributed by atoms with Crippen molar-refractivity contribution in [1.29, 1.82) is 0 Å². The number of thioether (sulfide) groups is 1. The van der Waals surface area contributed by atoms with Crippen LogP contribution in [0.4, 0.5) is 0 Å². The maximum atomic E-state index is 9.38. The van der Waals surface area contributed by atoms with Crippen molar-refractivity contribution in [2.45, 2.75) is 38.0 Å². The van der Waals surface area contributed by atoms with Crippen LogP contribution in [0.15, 0.2) is 45.8 Å². The molecule has 0 aliphatic rings. The second kappa shape index (κ2) is 7.77. The third-order valence-electron chi connectivity index (χ3n) is 4.50. The van der Waals surface area contributed by atoms with Crippen LogP contribution in [-0.4, -0.2) is 16.5 Å². The van der Waals surface area contributed by atoms with Gasteiger partial charge in [0.1, 0.15) is 0 Å². The fourth-order valence-electron chi connectivity index (χ4n) is 3.09. The van der Waals surface area contributed by atoms with E-state index in [1.807, 2.05) is 19.1 Å². The summed E-state index contributed by atoms with van der Waals surface area (Å²) in [5.41, 5.74) is 5.62. The molecular weight excluding hydrogens is 366 g/mol. The molecule has 136 valence electrons. The van der Waals surface area contributed by atoms with Gasteiger partial charge in [0, 0.05) is 21.5 Å². The largest absolute Gasteiger partial charge is 0.491 e. The van der Waals surface area contributed by atoms with Crippen molar-refractivity contribution < 1.29 is 9.63 Å². The van der Waals surface area contributed by atoms with Crippen LogP contribution < -0.4 is 0 Å². The van der Waals surface area contributed by atoms with E-state index in [2.05, 4.69) is 43.5 Å². The van der Waals surface area contributed by atoms with Gasteiger partial charge in [-0.3, -0.25) is 0 Å². The number of aryl methyl sites for hydroxylation is 1. The number of hydrogen-bond acceptors (Lipinski definition) is 4. The van der Waals surface area contributed by atoms with Gasteiger partial charge in [0.05, 0.1) is 0 Å². The predicted octanol–water partition coefficient (Wildman–Crippen LogP) is 6.45. The molecule has 1 heterocycles. The Morgan fingerprint density at radius 1 is 1.19 bits per heavy atom. The van der Waals surface area contributed by atoms with Gasteiger partial charge in [0.25, 0.3) is 5.88 Å². The van der Waals surface area contributed by atoms with E-state index in [0.29, 0.717) is 16.7 Å². The Kier molecular flexibility index (Phi) is 5.64. The maximum absolute atomic E-state index is 9.38. The van der Waals surface area contributed by atoms with Crippen LogP contribution in [0.2, 0.25) is 5.02 Å². The van der Waals surface area contributed by atoms with E-state index in [-0.39, 0.29) is 5.88 Å². The minimum Gasteiger partial charge on any atom is -0.491 e. The van der Waals surface area contributed by atoms with Crippen LogP contribution in [0.5, 0.6) is 5.88 Å². The van der Waals surface area contributed by atoms with E-state index >= 15 is 0 Å². The molecule has 0 unspecified atom stereocenters. The molecule has 0 aliphatic carbocycles. The van der Waals surface area contributed by atoms with Crippen molar-refractivity contribution in [1.82, 2.24) is 5.16 Å². The first-order valence-electron chi connectivity index (χ1n) is 8.51. The van der Waals surface area contributed by atoms with E-state index in [0.717, 1.165) is 23.1 Å². The fraction of sp³-hybridized carbons (Fsp3) is 0.286. The van der Waals surface area contributed by atoms with E-state index < -0.39 is 0 Å². The second-order valence-corrected chi connectivity index (χ2v) is 7.97. The Bertz CT molecular complexity index is 911. The molecule has 0 radical (unpaired) electrons. The number of nitrogens with zero attached hydrogens (tertiary/aromatic N) is 1. The van der Waals surface area contributed by atoms with Crippen molar-refractivity contribution in [2.75, 3.05) is 6.26 Å².